The molecule has 1 heterocycles. The van der Waals surface area contributed by atoms with Gasteiger partial charge in [0.05, 0.1) is 12.1 Å². The molecule has 1 unspecified atom stereocenters. The number of phenols is 1. The standard InChI is InChI=1S/C15H20N2O3/c1-4-20-15(19)14(16)12-8-17(9(2)3)13-7-10(18)5-6-11(12)13/h5-9,14,18H,4,16H2,1-3H3. The number of benzene rings is 1. The van der Waals surface area contributed by atoms with E-state index < -0.39 is 12.0 Å². The molecule has 2 aromatic rings. The van der Waals surface area contributed by atoms with Crippen LogP contribution in [-0.2, 0) is 9.53 Å². The number of hydrogen-bond acceptors (Lipinski definition) is 4. The molecule has 1 aromatic carbocycles. The Morgan fingerprint density at radius 2 is 2.15 bits per heavy atom. The smallest absolute Gasteiger partial charge is 0.327 e. The van der Waals surface area contributed by atoms with E-state index in [1.54, 1.807) is 25.1 Å². The van der Waals surface area contributed by atoms with Crippen LogP contribution in [0.25, 0.3) is 10.9 Å². The third-order valence-corrected chi connectivity index (χ3v) is 3.28. The van der Waals surface area contributed by atoms with Gasteiger partial charge in [0.15, 0.2) is 0 Å². The number of aromatic nitrogens is 1. The minimum Gasteiger partial charge on any atom is -0.508 e. The lowest BCUT2D eigenvalue weighted by molar-refractivity contribution is -0.144. The van der Waals surface area contributed by atoms with E-state index in [1.165, 1.54) is 0 Å². The molecule has 0 fully saturated rings. The van der Waals surface area contributed by atoms with Gasteiger partial charge in [-0.3, -0.25) is 0 Å². The summed E-state index contributed by atoms with van der Waals surface area (Å²) in [5.74, 6) is -0.253. The molecule has 0 amide bonds. The van der Waals surface area contributed by atoms with E-state index in [9.17, 15) is 9.90 Å². The minimum atomic E-state index is -0.818. The Balaban J connectivity index is 2.56. The van der Waals surface area contributed by atoms with Crippen LogP contribution in [0.4, 0.5) is 0 Å². The van der Waals surface area contributed by atoms with Crippen LogP contribution in [0, 0.1) is 0 Å². The number of phenolic OH excluding ortho intramolecular Hbond substituents is 1. The average molecular weight is 276 g/mol. The van der Waals surface area contributed by atoms with Crippen molar-refractivity contribution < 1.29 is 14.6 Å². The van der Waals surface area contributed by atoms with Crippen molar-refractivity contribution in [1.82, 2.24) is 4.57 Å². The lowest BCUT2D eigenvalue weighted by Crippen LogP contribution is -2.23. The van der Waals surface area contributed by atoms with Crippen LogP contribution in [0.1, 0.15) is 38.4 Å². The van der Waals surface area contributed by atoms with Crippen LogP contribution in [0.5, 0.6) is 5.75 Å². The summed E-state index contributed by atoms with van der Waals surface area (Å²) in [6.45, 7) is 6.11. The molecule has 1 atom stereocenters. The zero-order valence-electron chi connectivity index (χ0n) is 12.0. The van der Waals surface area contributed by atoms with Gasteiger partial charge in [-0.2, -0.15) is 0 Å². The molecule has 5 nitrogen and oxygen atoms in total. The number of esters is 1. The van der Waals surface area contributed by atoms with Gasteiger partial charge in [0.2, 0.25) is 0 Å². The molecular weight excluding hydrogens is 256 g/mol. The summed E-state index contributed by atoms with van der Waals surface area (Å²) in [6.07, 6.45) is 1.86. The van der Waals surface area contributed by atoms with Crippen molar-refractivity contribution in [3.63, 3.8) is 0 Å². The summed E-state index contributed by atoms with van der Waals surface area (Å²) in [4.78, 5) is 11.8. The molecule has 0 radical (unpaired) electrons. The first-order chi connectivity index (χ1) is 9.45. The van der Waals surface area contributed by atoms with E-state index in [0.29, 0.717) is 12.2 Å². The number of hydrogen-bond donors (Lipinski definition) is 2. The van der Waals surface area contributed by atoms with Crippen molar-refractivity contribution in [3.8, 4) is 5.75 Å². The first-order valence-corrected chi connectivity index (χ1v) is 6.71. The average Bonchev–Trinajstić information content (AvgIpc) is 2.76. The number of nitrogens with zero attached hydrogens (tertiary/aromatic N) is 1. The molecule has 2 rings (SSSR count). The fraction of sp³-hybridized carbons (Fsp3) is 0.400. The van der Waals surface area contributed by atoms with E-state index in [1.807, 2.05) is 24.6 Å². The highest BCUT2D eigenvalue weighted by atomic mass is 16.5. The first-order valence-electron chi connectivity index (χ1n) is 6.71. The zero-order chi connectivity index (χ0) is 14.9. The van der Waals surface area contributed by atoms with Gasteiger partial charge in [0.1, 0.15) is 11.8 Å². The van der Waals surface area contributed by atoms with Gasteiger partial charge in [-0.1, -0.05) is 0 Å². The number of nitrogens with two attached hydrogens (primary N) is 1. The summed E-state index contributed by atoms with van der Waals surface area (Å²) in [5, 5.41) is 10.5. The highest BCUT2D eigenvalue weighted by Gasteiger charge is 2.22. The SMILES string of the molecule is CCOC(=O)C(N)c1cn(C(C)C)c2cc(O)ccc12. The summed E-state index contributed by atoms with van der Waals surface area (Å²) < 4.78 is 6.97. The van der Waals surface area contributed by atoms with Crippen molar-refractivity contribution >= 4 is 16.9 Å². The van der Waals surface area contributed by atoms with Gasteiger partial charge in [-0.25, -0.2) is 4.79 Å². The van der Waals surface area contributed by atoms with Crippen molar-refractivity contribution in [2.75, 3.05) is 6.61 Å². The fourth-order valence-electron chi connectivity index (χ4n) is 2.30. The van der Waals surface area contributed by atoms with Crippen molar-refractivity contribution in [2.24, 2.45) is 5.73 Å². The molecule has 0 spiro atoms. The maximum atomic E-state index is 11.8. The number of rotatable bonds is 4. The van der Waals surface area contributed by atoms with Crippen LogP contribution in [-0.4, -0.2) is 22.2 Å². The first kappa shape index (κ1) is 14.4. The monoisotopic (exact) mass is 276 g/mol. The third-order valence-electron chi connectivity index (χ3n) is 3.28. The Bertz CT molecular complexity index is 631. The van der Waals surface area contributed by atoms with Gasteiger partial charge < -0.3 is 20.1 Å². The summed E-state index contributed by atoms with van der Waals surface area (Å²) >= 11 is 0. The molecular formula is C15H20N2O3. The number of fused-ring (bicyclic) bond motifs is 1. The summed E-state index contributed by atoms with van der Waals surface area (Å²) in [6, 6.07) is 4.42. The molecule has 3 N–H and O–H groups in total. The van der Waals surface area contributed by atoms with Crippen LogP contribution in [0.3, 0.4) is 0 Å². The normalized spacial score (nSPS) is 12.8. The highest BCUT2D eigenvalue weighted by Crippen LogP contribution is 2.31. The highest BCUT2D eigenvalue weighted by molar-refractivity contribution is 5.91. The lowest BCUT2D eigenvalue weighted by atomic mass is 10.1. The fourth-order valence-corrected chi connectivity index (χ4v) is 2.30. The topological polar surface area (TPSA) is 77.5 Å². The molecule has 108 valence electrons. The minimum absolute atomic E-state index is 0.189. The maximum Gasteiger partial charge on any atom is 0.327 e. The quantitative estimate of drug-likeness (QED) is 0.841. The molecule has 0 aliphatic heterocycles. The number of aromatic hydroxyl groups is 1. The Morgan fingerprint density at radius 3 is 2.75 bits per heavy atom. The van der Waals surface area contributed by atoms with Gasteiger partial charge in [-0.05, 0) is 32.9 Å². The Hall–Kier alpha value is -2.01. The predicted octanol–water partition coefficient (Wildman–Crippen LogP) is 2.49. The second-order valence-electron chi connectivity index (χ2n) is 5.02. The Morgan fingerprint density at radius 1 is 1.45 bits per heavy atom. The summed E-state index contributed by atoms with van der Waals surface area (Å²) in [7, 11) is 0. The Labute approximate surface area is 117 Å². The Kier molecular flexibility index (Phi) is 3.99. The summed E-state index contributed by atoms with van der Waals surface area (Å²) in [5.41, 5.74) is 7.56. The molecule has 20 heavy (non-hydrogen) atoms. The molecule has 0 aliphatic rings. The second kappa shape index (κ2) is 5.54. The predicted molar refractivity (Wildman–Crippen MR) is 77.5 cm³/mol. The van der Waals surface area contributed by atoms with Crippen LogP contribution >= 0.6 is 0 Å². The van der Waals surface area contributed by atoms with Crippen LogP contribution < -0.4 is 5.73 Å². The van der Waals surface area contributed by atoms with Crippen molar-refractivity contribution in [3.05, 3.63) is 30.0 Å². The van der Waals surface area contributed by atoms with Gasteiger partial charge >= 0.3 is 5.97 Å². The molecule has 0 saturated heterocycles. The van der Waals surface area contributed by atoms with E-state index in [2.05, 4.69) is 0 Å². The molecule has 5 heteroatoms. The second-order valence-corrected chi connectivity index (χ2v) is 5.02. The number of ether oxygens (including phenoxy) is 1. The van der Waals surface area contributed by atoms with E-state index in [0.717, 1.165) is 10.9 Å². The van der Waals surface area contributed by atoms with Crippen LogP contribution in [0.2, 0.25) is 0 Å². The van der Waals surface area contributed by atoms with Gasteiger partial charge in [-0.15, -0.1) is 0 Å². The lowest BCUT2D eigenvalue weighted by Gasteiger charge is -2.10. The van der Waals surface area contributed by atoms with Crippen molar-refractivity contribution in [2.45, 2.75) is 32.9 Å². The zero-order valence-corrected chi connectivity index (χ0v) is 12.0. The molecule has 0 aliphatic carbocycles. The van der Waals surface area contributed by atoms with E-state index >= 15 is 0 Å². The van der Waals surface area contributed by atoms with Crippen molar-refractivity contribution in [1.29, 1.82) is 0 Å². The number of carbonyl (C=O) groups excluding carboxylic acids is 1. The van der Waals surface area contributed by atoms with E-state index in [4.69, 9.17) is 10.5 Å². The largest absolute Gasteiger partial charge is 0.508 e. The van der Waals surface area contributed by atoms with Crippen LogP contribution in [0.15, 0.2) is 24.4 Å². The van der Waals surface area contributed by atoms with E-state index in [-0.39, 0.29) is 11.8 Å². The van der Waals surface area contributed by atoms with Gasteiger partial charge in [0.25, 0.3) is 0 Å². The maximum absolute atomic E-state index is 11.8. The number of carbonyl (C=O) groups is 1. The molecule has 1 aromatic heterocycles. The van der Waals surface area contributed by atoms with Gasteiger partial charge in [0, 0.05) is 29.3 Å². The third kappa shape index (κ3) is 2.49. The molecule has 0 saturated carbocycles. The molecule has 0 bridgehead atoms.